The van der Waals surface area contributed by atoms with E-state index < -0.39 is 11.7 Å². The molecule has 0 aliphatic rings. The van der Waals surface area contributed by atoms with Crippen LogP contribution in [0.2, 0.25) is 0 Å². The zero-order valence-electron chi connectivity index (χ0n) is 10.6. The molecule has 0 unspecified atom stereocenters. The highest BCUT2D eigenvalue weighted by atomic mass is 16.6. The Morgan fingerprint density at radius 1 is 1.53 bits per heavy atom. The van der Waals surface area contributed by atoms with E-state index in [0.717, 1.165) is 0 Å². The minimum atomic E-state index is -0.556. The lowest BCUT2D eigenvalue weighted by Crippen LogP contribution is -2.35. The van der Waals surface area contributed by atoms with E-state index in [-0.39, 0.29) is 6.61 Å². The summed E-state index contributed by atoms with van der Waals surface area (Å²) in [6, 6.07) is 3.42. The van der Waals surface area contributed by atoms with Gasteiger partial charge in [0, 0.05) is 18.8 Å². The van der Waals surface area contributed by atoms with Crippen LogP contribution in [-0.2, 0) is 11.3 Å². The number of aliphatic hydroxyl groups is 1. The van der Waals surface area contributed by atoms with E-state index >= 15 is 0 Å². The van der Waals surface area contributed by atoms with Crippen molar-refractivity contribution in [1.29, 1.82) is 0 Å². The lowest BCUT2D eigenvalue weighted by atomic mass is 10.2. The number of ether oxygens (including phenoxy) is 1. The molecule has 0 aromatic carbocycles. The molecule has 17 heavy (non-hydrogen) atoms. The number of aliphatic hydroxyl groups excluding tert-OH is 1. The standard InChI is InChI=1S/C12H18N2O3/c1-12(2,3)17-11(16)14(4)10-9(8-15)6-5-7-13-10/h5-7,15H,8H2,1-4H3. The number of hydrogen-bond donors (Lipinski definition) is 1. The average Bonchev–Trinajstić information content (AvgIpc) is 2.25. The van der Waals surface area contributed by atoms with Crippen LogP contribution in [0, 0.1) is 0 Å². The summed E-state index contributed by atoms with van der Waals surface area (Å²) in [7, 11) is 1.57. The Hall–Kier alpha value is -1.62. The average molecular weight is 238 g/mol. The van der Waals surface area contributed by atoms with Gasteiger partial charge in [-0.2, -0.15) is 0 Å². The Morgan fingerprint density at radius 3 is 2.71 bits per heavy atom. The molecule has 5 nitrogen and oxygen atoms in total. The fourth-order valence-electron chi connectivity index (χ4n) is 1.27. The van der Waals surface area contributed by atoms with Gasteiger partial charge in [-0.05, 0) is 26.8 Å². The Morgan fingerprint density at radius 2 is 2.18 bits per heavy atom. The number of carbonyl (C=O) groups is 1. The van der Waals surface area contributed by atoms with E-state index in [9.17, 15) is 4.79 Å². The number of carbonyl (C=O) groups excluding carboxylic acids is 1. The summed E-state index contributed by atoms with van der Waals surface area (Å²) in [5.74, 6) is 0.407. The van der Waals surface area contributed by atoms with E-state index in [0.29, 0.717) is 11.4 Å². The summed E-state index contributed by atoms with van der Waals surface area (Å²) in [4.78, 5) is 17.2. The lowest BCUT2D eigenvalue weighted by molar-refractivity contribution is 0.0588. The number of anilines is 1. The third-order valence-electron chi connectivity index (χ3n) is 2.02. The third kappa shape index (κ3) is 3.71. The number of hydrogen-bond acceptors (Lipinski definition) is 4. The van der Waals surface area contributed by atoms with Crippen LogP contribution < -0.4 is 4.90 Å². The van der Waals surface area contributed by atoms with E-state index in [4.69, 9.17) is 9.84 Å². The van der Waals surface area contributed by atoms with Gasteiger partial charge < -0.3 is 9.84 Å². The zero-order valence-corrected chi connectivity index (χ0v) is 10.6. The van der Waals surface area contributed by atoms with Crippen LogP contribution in [0.5, 0.6) is 0 Å². The predicted molar refractivity (Wildman–Crippen MR) is 64.8 cm³/mol. The normalized spacial score (nSPS) is 11.1. The summed E-state index contributed by atoms with van der Waals surface area (Å²) in [6.45, 7) is 5.22. The Labute approximate surface area is 101 Å². The summed E-state index contributed by atoms with van der Waals surface area (Å²) in [5.41, 5.74) is 0.0281. The maximum absolute atomic E-state index is 11.8. The molecule has 0 saturated carbocycles. The molecular formula is C12H18N2O3. The van der Waals surface area contributed by atoms with Crippen molar-refractivity contribution in [2.45, 2.75) is 33.0 Å². The molecule has 1 amide bonds. The van der Waals surface area contributed by atoms with Crippen LogP contribution >= 0.6 is 0 Å². The molecule has 1 aromatic heterocycles. The van der Waals surface area contributed by atoms with Crippen LogP contribution in [0.3, 0.4) is 0 Å². The summed E-state index contributed by atoms with van der Waals surface area (Å²) < 4.78 is 5.22. The number of rotatable bonds is 2. The zero-order chi connectivity index (χ0) is 13.1. The minimum absolute atomic E-state index is 0.170. The Bertz CT molecular complexity index is 399. The monoisotopic (exact) mass is 238 g/mol. The fourth-order valence-corrected chi connectivity index (χ4v) is 1.27. The number of aromatic nitrogens is 1. The van der Waals surface area contributed by atoms with Crippen molar-refractivity contribution in [1.82, 2.24) is 4.98 Å². The van der Waals surface area contributed by atoms with Crippen molar-refractivity contribution in [3.63, 3.8) is 0 Å². The second kappa shape index (κ2) is 5.14. The van der Waals surface area contributed by atoms with Crippen molar-refractivity contribution in [3.05, 3.63) is 23.9 Å². The molecule has 0 fully saturated rings. The molecule has 1 rings (SSSR count). The quantitative estimate of drug-likeness (QED) is 0.855. The number of pyridine rings is 1. The fraction of sp³-hybridized carbons (Fsp3) is 0.500. The molecule has 0 atom stereocenters. The van der Waals surface area contributed by atoms with Crippen LogP contribution in [0.1, 0.15) is 26.3 Å². The topological polar surface area (TPSA) is 62.7 Å². The first-order valence-corrected chi connectivity index (χ1v) is 5.36. The van der Waals surface area contributed by atoms with Crippen molar-refractivity contribution in [2.75, 3.05) is 11.9 Å². The van der Waals surface area contributed by atoms with Gasteiger partial charge in [-0.3, -0.25) is 4.90 Å². The maximum Gasteiger partial charge on any atom is 0.415 e. The third-order valence-corrected chi connectivity index (χ3v) is 2.02. The smallest absolute Gasteiger partial charge is 0.415 e. The van der Waals surface area contributed by atoms with Gasteiger partial charge >= 0.3 is 6.09 Å². The highest BCUT2D eigenvalue weighted by Crippen LogP contribution is 2.18. The van der Waals surface area contributed by atoms with Crippen molar-refractivity contribution in [2.24, 2.45) is 0 Å². The number of nitrogens with zero attached hydrogens (tertiary/aromatic N) is 2. The summed E-state index contributed by atoms with van der Waals surface area (Å²) in [6.07, 6.45) is 1.07. The lowest BCUT2D eigenvalue weighted by Gasteiger charge is -2.24. The molecular weight excluding hydrogens is 220 g/mol. The molecule has 0 radical (unpaired) electrons. The molecule has 1 heterocycles. The molecule has 94 valence electrons. The van der Waals surface area contributed by atoms with Gasteiger partial charge in [-0.15, -0.1) is 0 Å². The van der Waals surface area contributed by atoms with E-state index in [1.54, 1.807) is 46.1 Å². The molecule has 0 bridgehead atoms. The van der Waals surface area contributed by atoms with E-state index in [1.807, 2.05) is 0 Å². The SMILES string of the molecule is CN(C(=O)OC(C)(C)C)c1ncccc1CO. The Kier molecular flexibility index (Phi) is 4.07. The van der Waals surface area contributed by atoms with Crippen LogP contribution in [-0.4, -0.2) is 28.8 Å². The largest absolute Gasteiger partial charge is 0.443 e. The second-order valence-corrected chi connectivity index (χ2v) is 4.68. The molecule has 0 aliphatic heterocycles. The molecule has 1 aromatic rings. The molecule has 0 aliphatic carbocycles. The highest BCUT2D eigenvalue weighted by Gasteiger charge is 2.22. The van der Waals surface area contributed by atoms with Gasteiger partial charge in [0.2, 0.25) is 0 Å². The highest BCUT2D eigenvalue weighted by molar-refractivity contribution is 5.86. The Balaban J connectivity index is 2.89. The maximum atomic E-state index is 11.8. The van der Waals surface area contributed by atoms with Crippen molar-refractivity contribution >= 4 is 11.9 Å². The first kappa shape index (κ1) is 13.4. The second-order valence-electron chi connectivity index (χ2n) is 4.68. The van der Waals surface area contributed by atoms with Gasteiger partial charge in [0.15, 0.2) is 0 Å². The van der Waals surface area contributed by atoms with E-state index in [1.165, 1.54) is 4.90 Å². The van der Waals surface area contributed by atoms with Crippen molar-refractivity contribution < 1.29 is 14.6 Å². The van der Waals surface area contributed by atoms with Crippen LogP contribution in [0.25, 0.3) is 0 Å². The van der Waals surface area contributed by atoms with Gasteiger partial charge in [0.1, 0.15) is 11.4 Å². The first-order valence-electron chi connectivity index (χ1n) is 5.36. The van der Waals surface area contributed by atoms with E-state index in [2.05, 4.69) is 4.98 Å². The summed E-state index contributed by atoms with van der Waals surface area (Å²) >= 11 is 0. The van der Waals surface area contributed by atoms with Crippen molar-refractivity contribution in [3.8, 4) is 0 Å². The first-order chi connectivity index (χ1) is 7.85. The molecule has 0 saturated heterocycles. The predicted octanol–water partition coefficient (Wildman–Crippen LogP) is 1.95. The minimum Gasteiger partial charge on any atom is -0.443 e. The van der Waals surface area contributed by atoms with Gasteiger partial charge in [0.05, 0.1) is 6.61 Å². The van der Waals surface area contributed by atoms with Crippen LogP contribution in [0.4, 0.5) is 10.6 Å². The van der Waals surface area contributed by atoms with Gasteiger partial charge in [-0.1, -0.05) is 6.07 Å². The number of amides is 1. The van der Waals surface area contributed by atoms with Gasteiger partial charge in [0.25, 0.3) is 0 Å². The summed E-state index contributed by atoms with van der Waals surface area (Å²) in [5, 5.41) is 9.16. The molecule has 1 N–H and O–H groups in total. The van der Waals surface area contributed by atoms with Crippen LogP contribution in [0.15, 0.2) is 18.3 Å². The van der Waals surface area contributed by atoms with Gasteiger partial charge in [-0.25, -0.2) is 9.78 Å². The molecule has 0 spiro atoms. The molecule has 5 heteroatoms.